The Morgan fingerprint density at radius 2 is 1.32 bits per heavy atom. The zero-order chi connectivity index (χ0) is 19.5. The van der Waals surface area contributed by atoms with Gasteiger partial charge in [0.05, 0.1) is 6.04 Å². The van der Waals surface area contributed by atoms with Gasteiger partial charge in [-0.25, -0.2) is 4.79 Å². The summed E-state index contributed by atoms with van der Waals surface area (Å²) in [6.07, 6.45) is 1.11. The summed E-state index contributed by atoms with van der Waals surface area (Å²) in [5, 5.41) is 9.64. The zero-order valence-electron chi connectivity index (χ0n) is 15.4. The normalized spacial score (nSPS) is 18.8. The quantitative estimate of drug-likeness (QED) is 0.718. The molecule has 2 atom stereocenters. The molecule has 1 heterocycles. The number of carbonyl (C=O) groups excluding carboxylic acids is 1. The van der Waals surface area contributed by atoms with Crippen LogP contribution in [0.4, 0.5) is 0 Å². The number of carbonyl (C=O) groups is 2. The topological polar surface area (TPSA) is 57.6 Å². The van der Waals surface area contributed by atoms with Gasteiger partial charge in [0.15, 0.2) is 0 Å². The van der Waals surface area contributed by atoms with Crippen LogP contribution in [0.5, 0.6) is 0 Å². The Kier molecular flexibility index (Phi) is 4.94. The largest absolute Gasteiger partial charge is 0.480 e. The monoisotopic (exact) mass is 371 g/mol. The lowest BCUT2D eigenvalue weighted by Gasteiger charge is -2.29. The third kappa shape index (κ3) is 3.41. The second kappa shape index (κ2) is 7.69. The van der Waals surface area contributed by atoms with E-state index in [0.29, 0.717) is 18.4 Å². The predicted octanol–water partition coefficient (Wildman–Crippen LogP) is 4.78. The van der Waals surface area contributed by atoms with Gasteiger partial charge in [-0.3, -0.25) is 4.79 Å². The standard InChI is InChI=1S/C24H21NO3/c26-23(20-13-11-18(12-14-20)17-7-3-1-4-8-17)25-21(15-16-22(25)24(27)28)19-9-5-2-6-10-19/h1-14,21-22H,15-16H2,(H,27,28)/t21-,22+/m0/s1. The first-order valence-corrected chi connectivity index (χ1v) is 9.41. The first-order valence-electron chi connectivity index (χ1n) is 9.41. The Hall–Kier alpha value is -3.40. The van der Waals surface area contributed by atoms with E-state index in [4.69, 9.17) is 0 Å². The van der Waals surface area contributed by atoms with Crippen molar-refractivity contribution >= 4 is 11.9 Å². The zero-order valence-corrected chi connectivity index (χ0v) is 15.4. The van der Waals surface area contributed by atoms with Crippen molar-refractivity contribution in [3.63, 3.8) is 0 Å². The van der Waals surface area contributed by atoms with E-state index >= 15 is 0 Å². The first-order chi connectivity index (χ1) is 13.6. The Morgan fingerprint density at radius 3 is 1.93 bits per heavy atom. The van der Waals surface area contributed by atoms with Crippen LogP contribution in [0.3, 0.4) is 0 Å². The summed E-state index contributed by atoms with van der Waals surface area (Å²) in [6, 6.07) is 26.0. The molecule has 0 spiro atoms. The highest BCUT2D eigenvalue weighted by atomic mass is 16.4. The van der Waals surface area contributed by atoms with Crippen LogP contribution in [0, 0.1) is 0 Å². The number of benzene rings is 3. The third-order valence-corrected chi connectivity index (χ3v) is 5.33. The molecule has 140 valence electrons. The van der Waals surface area contributed by atoms with Crippen LogP contribution < -0.4 is 0 Å². The maximum absolute atomic E-state index is 13.3. The van der Waals surface area contributed by atoms with Crippen molar-refractivity contribution in [2.75, 3.05) is 0 Å². The molecule has 4 heteroatoms. The number of rotatable bonds is 4. The number of amides is 1. The lowest BCUT2D eigenvalue weighted by atomic mass is 10.0. The summed E-state index contributed by atoms with van der Waals surface area (Å²) in [5.41, 5.74) is 3.58. The van der Waals surface area contributed by atoms with Gasteiger partial charge in [0.2, 0.25) is 0 Å². The molecule has 4 nitrogen and oxygen atoms in total. The maximum Gasteiger partial charge on any atom is 0.326 e. The molecule has 1 saturated heterocycles. The van der Waals surface area contributed by atoms with E-state index in [2.05, 4.69) is 0 Å². The molecule has 3 aromatic rings. The average molecular weight is 371 g/mol. The minimum absolute atomic E-state index is 0.219. The molecule has 3 aromatic carbocycles. The number of aliphatic carboxylic acids is 1. The molecule has 28 heavy (non-hydrogen) atoms. The minimum atomic E-state index is -0.951. The third-order valence-electron chi connectivity index (χ3n) is 5.33. The van der Waals surface area contributed by atoms with Crippen molar-refractivity contribution in [1.29, 1.82) is 0 Å². The number of carboxylic acids is 1. The molecule has 1 fully saturated rings. The van der Waals surface area contributed by atoms with E-state index in [-0.39, 0.29) is 11.9 Å². The molecule has 0 aliphatic carbocycles. The molecule has 0 radical (unpaired) electrons. The molecule has 0 unspecified atom stereocenters. The molecular weight excluding hydrogens is 350 g/mol. The summed E-state index contributed by atoms with van der Waals surface area (Å²) < 4.78 is 0. The van der Waals surface area contributed by atoms with Crippen molar-refractivity contribution in [3.05, 3.63) is 96.1 Å². The maximum atomic E-state index is 13.3. The first kappa shape index (κ1) is 18.0. The SMILES string of the molecule is O=C(O)[C@H]1CC[C@@H](c2ccccc2)N1C(=O)c1ccc(-c2ccccc2)cc1. The highest BCUT2D eigenvalue weighted by molar-refractivity contribution is 5.97. The summed E-state index contributed by atoms with van der Waals surface area (Å²) in [7, 11) is 0. The molecular formula is C24H21NO3. The Balaban J connectivity index is 1.64. The van der Waals surface area contributed by atoms with E-state index in [0.717, 1.165) is 16.7 Å². The van der Waals surface area contributed by atoms with Crippen LogP contribution in [0.25, 0.3) is 11.1 Å². The average Bonchev–Trinajstić information content (AvgIpc) is 3.20. The van der Waals surface area contributed by atoms with Crippen LogP contribution in [0.1, 0.15) is 34.8 Å². The Bertz CT molecular complexity index is 968. The van der Waals surface area contributed by atoms with Crippen LogP contribution >= 0.6 is 0 Å². The number of nitrogens with zero attached hydrogens (tertiary/aromatic N) is 1. The molecule has 0 bridgehead atoms. The lowest BCUT2D eigenvalue weighted by Crippen LogP contribution is -2.41. The Labute approximate surface area is 164 Å². The minimum Gasteiger partial charge on any atom is -0.480 e. The van der Waals surface area contributed by atoms with E-state index in [9.17, 15) is 14.7 Å². The summed E-state index contributed by atoms with van der Waals surface area (Å²) in [6.45, 7) is 0. The fourth-order valence-electron chi connectivity index (χ4n) is 3.92. The molecule has 1 N–H and O–H groups in total. The van der Waals surface area contributed by atoms with Gasteiger partial charge in [0.1, 0.15) is 6.04 Å². The fraction of sp³-hybridized carbons (Fsp3) is 0.167. The van der Waals surface area contributed by atoms with Gasteiger partial charge in [0, 0.05) is 5.56 Å². The molecule has 1 amide bonds. The number of carboxylic acid groups (broad SMARTS) is 1. The van der Waals surface area contributed by atoms with E-state index in [1.54, 1.807) is 12.1 Å². The van der Waals surface area contributed by atoms with Gasteiger partial charge < -0.3 is 10.0 Å². The second-order valence-corrected chi connectivity index (χ2v) is 7.01. The van der Waals surface area contributed by atoms with Crippen LogP contribution in [0.15, 0.2) is 84.9 Å². The summed E-state index contributed by atoms with van der Waals surface area (Å²) >= 11 is 0. The van der Waals surface area contributed by atoms with Gasteiger partial charge in [-0.1, -0.05) is 72.8 Å². The van der Waals surface area contributed by atoms with Crippen molar-refractivity contribution in [3.8, 4) is 11.1 Å². The number of likely N-dealkylation sites (tertiary alicyclic amines) is 1. The van der Waals surface area contributed by atoms with Crippen molar-refractivity contribution in [1.82, 2.24) is 4.90 Å². The van der Waals surface area contributed by atoms with Crippen molar-refractivity contribution < 1.29 is 14.7 Å². The molecule has 4 rings (SSSR count). The molecule has 0 aromatic heterocycles. The van der Waals surface area contributed by atoms with Gasteiger partial charge in [-0.2, -0.15) is 0 Å². The molecule has 0 saturated carbocycles. The van der Waals surface area contributed by atoms with E-state index in [1.807, 2.05) is 72.8 Å². The van der Waals surface area contributed by atoms with Crippen LogP contribution in [-0.4, -0.2) is 27.9 Å². The second-order valence-electron chi connectivity index (χ2n) is 7.01. The lowest BCUT2D eigenvalue weighted by molar-refractivity contribution is -0.141. The summed E-state index contributed by atoms with van der Waals surface area (Å²) in [5.74, 6) is -1.19. The fourth-order valence-corrected chi connectivity index (χ4v) is 3.92. The van der Waals surface area contributed by atoms with E-state index < -0.39 is 12.0 Å². The van der Waals surface area contributed by atoms with Crippen LogP contribution in [0.2, 0.25) is 0 Å². The van der Waals surface area contributed by atoms with Gasteiger partial charge in [0.25, 0.3) is 5.91 Å². The predicted molar refractivity (Wildman–Crippen MR) is 108 cm³/mol. The van der Waals surface area contributed by atoms with Gasteiger partial charge >= 0.3 is 5.97 Å². The van der Waals surface area contributed by atoms with Crippen molar-refractivity contribution in [2.24, 2.45) is 0 Å². The number of hydrogen-bond acceptors (Lipinski definition) is 2. The number of hydrogen-bond donors (Lipinski definition) is 1. The van der Waals surface area contributed by atoms with Gasteiger partial charge in [-0.15, -0.1) is 0 Å². The molecule has 1 aliphatic rings. The van der Waals surface area contributed by atoms with Crippen LogP contribution in [-0.2, 0) is 4.79 Å². The van der Waals surface area contributed by atoms with E-state index in [1.165, 1.54) is 4.90 Å². The van der Waals surface area contributed by atoms with Gasteiger partial charge in [-0.05, 0) is 41.7 Å². The highest BCUT2D eigenvalue weighted by Gasteiger charge is 2.41. The highest BCUT2D eigenvalue weighted by Crippen LogP contribution is 2.37. The van der Waals surface area contributed by atoms with Crippen molar-refractivity contribution in [2.45, 2.75) is 24.9 Å². The molecule has 1 aliphatic heterocycles. The smallest absolute Gasteiger partial charge is 0.326 e. The Morgan fingerprint density at radius 1 is 0.750 bits per heavy atom. The summed E-state index contributed by atoms with van der Waals surface area (Å²) in [4.78, 5) is 26.6.